The van der Waals surface area contributed by atoms with Gasteiger partial charge in [0.15, 0.2) is 34.8 Å². The summed E-state index contributed by atoms with van der Waals surface area (Å²) in [6.07, 6.45) is 3.28. The van der Waals surface area contributed by atoms with E-state index in [2.05, 4.69) is 20.3 Å². The lowest BCUT2D eigenvalue weighted by Crippen LogP contribution is -2.40. The Labute approximate surface area is 221 Å². The number of rotatable bonds is 4. The number of carbonyl (C=O) groups excluding carboxylic acids is 1. The molecule has 0 bridgehead atoms. The summed E-state index contributed by atoms with van der Waals surface area (Å²) >= 11 is 0. The first-order chi connectivity index (χ1) is 19.2. The van der Waals surface area contributed by atoms with E-state index < -0.39 is 46.7 Å². The van der Waals surface area contributed by atoms with Gasteiger partial charge in [0, 0.05) is 36.8 Å². The van der Waals surface area contributed by atoms with Crippen LogP contribution in [0.15, 0.2) is 53.6 Å². The van der Waals surface area contributed by atoms with Crippen LogP contribution in [0, 0.1) is 29.1 Å². The van der Waals surface area contributed by atoms with Crippen LogP contribution < -0.4 is 5.69 Å². The van der Waals surface area contributed by atoms with Crippen LogP contribution in [-0.2, 0) is 0 Å². The number of amides is 1. The maximum absolute atomic E-state index is 14.5. The third-order valence-electron chi connectivity index (χ3n) is 6.91. The van der Waals surface area contributed by atoms with Gasteiger partial charge in [-0.05, 0) is 37.1 Å². The largest absolute Gasteiger partial charge is 0.337 e. The molecule has 6 rings (SSSR count). The number of nitrogens with one attached hydrogen (secondary N) is 1. The zero-order chi connectivity index (χ0) is 28.1. The fourth-order valence-corrected chi connectivity index (χ4v) is 4.99. The molecule has 1 saturated heterocycles. The van der Waals surface area contributed by atoms with E-state index in [-0.39, 0.29) is 54.0 Å². The zero-order valence-corrected chi connectivity index (χ0v) is 20.4. The minimum absolute atomic E-state index is 0.0622. The number of aromatic nitrogens is 6. The number of hydrogen-bond acceptors (Lipinski definition) is 5. The average molecular weight is 555 g/mol. The maximum Gasteiger partial charge on any atom is 0.326 e. The van der Waals surface area contributed by atoms with Crippen LogP contribution in [0.2, 0.25) is 0 Å². The fraction of sp³-hybridized carbons (Fsp3) is 0.192. The number of piperidine rings is 1. The number of aromatic amines is 1. The Balaban J connectivity index is 1.30. The second-order valence-electron chi connectivity index (χ2n) is 9.26. The van der Waals surface area contributed by atoms with Crippen molar-refractivity contribution in [3.8, 4) is 16.9 Å². The summed E-state index contributed by atoms with van der Waals surface area (Å²) in [5.74, 6) is -7.21. The third kappa shape index (κ3) is 4.21. The monoisotopic (exact) mass is 555 g/mol. The Hall–Kier alpha value is -4.88. The van der Waals surface area contributed by atoms with Gasteiger partial charge in [-0.1, -0.05) is 0 Å². The highest BCUT2D eigenvalue weighted by molar-refractivity contribution is 5.93. The van der Waals surface area contributed by atoms with Gasteiger partial charge in [-0.3, -0.25) is 9.36 Å². The van der Waals surface area contributed by atoms with Crippen LogP contribution in [0.25, 0.3) is 28.0 Å². The number of benzene rings is 2. The maximum atomic E-state index is 14.5. The lowest BCUT2D eigenvalue weighted by atomic mass is 10.0. The zero-order valence-electron chi connectivity index (χ0n) is 20.4. The predicted octanol–water partition coefficient (Wildman–Crippen LogP) is 4.15. The molecular weight excluding hydrogens is 537 g/mol. The molecule has 1 amide bonds. The highest BCUT2D eigenvalue weighted by Crippen LogP contribution is 2.29. The van der Waals surface area contributed by atoms with Crippen molar-refractivity contribution in [1.82, 2.24) is 34.4 Å². The summed E-state index contributed by atoms with van der Waals surface area (Å²) in [6.45, 7) is 0.330. The molecule has 9 nitrogen and oxygen atoms in total. The SMILES string of the molecule is O=C(c1cc(-c2ccnnc2)n(-c2cc(F)c(F)c(F)c2)n1)N1CCC(n2c(=O)[nH]c3ccc(F)c(F)c32)CC1. The van der Waals surface area contributed by atoms with E-state index in [0.717, 1.165) is 22.9 Å². The number of likely N-dealkylation sites (tertiary alicyclic amines) is 1. The first-order valence-electron chi connectivity index (χ1n) is 12.1. The van der Waals surface area contributed by atoms with Gasteiger partial charge in [0.1, 0.15) is 5.52 Å². The van der Waals surface area contributed by atoms with Crippen LogP contribution >= 0.6 is 0 Å². The van der Waals surface area contributed by atoms with E-state index >= 15 is 0 Å². The molecule has 0 unspecified atom stereocenters. The molecule has 14 heteroatoms. The Morgan fingerprint density at radius 3 is 2.30 bits per heavy atom. The summed E-state index contributed by atoms with van der Waals surface area (Å²) in [4.78, 5) is 30.0. The summed E-state index contributed by atoms with van der Waals surface area (Å²) in [7, 11) is 0. The molecule has 0 aliphatic carbocycles. The lowest BCUT2D eigenvalue weighted by Gasteiger charge is -2.32. The quantitative estimate of drug-likeness (QED) is 0.265. The fourth-order valence-electron chi connectivity index (χ4n) is 4.99. The van der Waals surface area contributed by atoms with Crippen molar-refractivity contribution in [1.29, 1.82) is 0 Å². The minimum atomic E-state index is -1.64. The van der Waals surface area contributed by atoms with Crippen molar-refractivity contribution in [3.05, 3.63) is 94.1 Å². The highest BCUT2D eigenvalue weighted by atomic mass is 19.2. The van der Waals surface area contributed by atoms with Gasteiger partial charge in [-0.2, -0.15) is 15.3 Å². The van der Waals surface area contributed by atoms with Crippen LogP contribution in [0.5, 0.6) is 0 Å². The van der Waals surface area contributed by atoms with Crippen LogP contribution in [-0.4, -0.2) is 53.4 Å². The molecule has 1 aliphatic heterocycles. The molecule has 0 spiro atoms. The number of imidazole rings is 1. The topological polar surface area (TPSA) is 102 Å². The van der Waals surface area contributed by atoms with Crippen molar-refractivity contribution in [2.24, 2.45) is 0 Å². The van der Waals surface area contributed by atoms with E-state index in [4.69, 9.17) is 0 Å². The number of nitrogens with zero attached hydrogens (tertiary/aromatic N) is 6. The van der Waals surface area contributed by atoms with Crippen molar-refractivity contribution < 1.29 is 26.7 Å². The lowest BCUT2D eigenvalue weighted by molar-refractivity contribution is 0.0688. The van der Waals surface area contributed by atoms with Crippen molar-refractivity contribution in [2.75, 3.05) is 13.1 Å². The number of hydrogen-bond donors (Lipinski definition) is 1. The van der Waals surface area contributed by atoms with Crippen LogP contribution in [0.3, 0.4) is 0 Å². The molecule has 1 N–H and O–H groups in total. The van der Waals surface area contributed by atoms with E-state index in [1.54, 1.807) is 6.07 Å². The van der Waals surface area contributed by atoms with Crippen LogP contribution in [0.4, 0.5) is 22.0 Å². The summed E-state index contributed by atoms with van der Waals surface area (Å²) in [5.41, 5.74) is -0.124. The molecule has 0 saturated carbocycles. The average Bonchev–Trinajstić information content (AvgIpc) is 3.55. The normalized spacial score (nSPS) is 14.3. The number of H-pyrrole nitrogens is 1. The second kappa shape index (κ2) is 9.70. The Morgan fingerprint density at radius 1 is 0.900 bits per heavy atom. The second-order valence-corrected chi connectivity index (χ2v) is 9.26. The molecule has 40 heavy (non-hydrogen) atoms. The van der Waals surface area contributed by atoms with Crippen molar-refractivity contribution in [3.63, 3.8) is 0 Å². The molecule has 4 heterocycles. The summed E-state index contributed by atoms with van der Waals surface area (Å²) < 4.78 is 72.3. The van der Waals surface area contributed by atoms with E-state index in [1.807, 2.05) is 0 Å². The van der Waals surface area contributed by atoms with Gasteiger partial charge in [-0.25, -0.2) is 31.4 Å². The van der Waals surface area contributed by atoms with Crippen molar-refractivity contribution >= 4 is 16.9 Å². The molecule has 5 aromatic rings. The van der Waals surface area contributed by atoms with Crippen molar-refractivity contribution in [2.45, 2.75) is 18.9 Å². The Kier molecular flexibility index (Phi) is 6.16. The van der Waals surface area contributed by atoms with Gasteiger partial charge < -0.3 is 9.88 Å². The molecule has 0 atom stereocenters. The number of carbonyl (C=O) groups is 1. The molecule has 1 fully saturated rings. The standard InChI is InChI=1S/C26H18F5N7O2/c27-16-1-2-19-24(23(16)31)37(26(40)34-19)14-4-7-36(8-5-14)25(39)20-11-21(13-3-6-32-33-12-13)38(35-20)15-9-17(28)22(30)18(29)10-15/h1-3,6,9-12,14H,4-5,7-8H2,(H,34,40). The summed E-state index contributed by atoms with van der Waals surface area (Å²) in [6, 6.07) is 6.19. The molecule has 3 aromatic heterocycles. The third-order valence-corrected chi connectivity index (χ3v) is 6.91. The molecule has 2 aromatic carbocycles. The van der Waals surface area contributed by atoms with Gasteiger partial charge in [0.2, 0.25) is 0 Å². The smallest absolute Gasteiger partial charge is 0.326 e. The van der Waals surface area contributed by atoms with Gasteiger partial charge in [0.05, 0.1) is 29.3 Å². The van der Waals surface area contributed by atoms with Gasteiger partial charge >= 0.3 is 5.69 Å². The van der Waals surface area contributed by atoms with E-state index in [0.29, 0.717) is 5.56 Å². The summed E-state index contributed by atoms with van der Waals surface area (Å²) in [5, 5.41) is 11.7. The first-order valence-corrected chi connectivity index (χ1v) is 12.1. The predicted molar refractivity (Wildman–Crippen MR) is 131 cm³/mol. The molecular formula is C26H18F5N7O2. The highest BCUT2D eigenvalue weighted by Gasteiger charge is 2.30. The molecule has 204 valence electrons. The van der Waals surface area contributed by atoms with E-state index in [9.17, 15) is 31.5 Å². The Morgan fingerprint density at radius 2 is 1.62 bits per heavy atom. The van der Waals surface area contributed by atoms with E-state index in [1.165, 1.54) is 34.0 Å². The minimum Gasteiger partial charge on any atom is -0.337 e. The first kappa shape index (κ1) is 25.4. The Bertz CT molecular complexity index is 1800. The van der Waals surface area contributed by atoms with Gasteiger partial charge in [-0.15, -0.1) is 0 Å². The number of halogens is 5. The van der Waals surface area contributed by atoms with Crippen LogP contribution in [0.1, 0.15) is 29.4 Å². The van der Waals surface area contributed by atoms with Gasteiger partial charge in [0.25, 0.3) is 5.91 Å². The number of fused-ring (bicyclic) bond motifs is 1. The molecule has 1 aliphatic rings. The molecule has 0 radical (unpaired) electrons.